The quantitative estimate of drug-likeness (QED) is 0.569. The van der Waals surface area contributed by atoms with Crippen LogP contribution in [0.4, 0.5) is 10.1 Å². The number of sulfonamides is 1. The van der Waals surface area contributed by atoms with Gasteiger partial charge in [0.1, 0.15) is 18.4 Å². The number of amides is 2. The maximum Gasteiger partial charge on any atom is 0.244 e. The summed E-state index contributed by atoms with van der Waals surface area (Å²) < 4.78 is 40.4. The molecule has 33 heavy (non-hydrogen) atoms. The van der Waals surface area contributed by atoms with Gasteiger partial charge in [0.05, 0.1) is 11.9 Å². The molecule has 0 unspecified atom stereocenters. The van der Waals surface area contributed by atoms with Crippen LogP contribution in [0.25, 0.3) is 0 Å². The summed E-state index contributed by atoms with van der Waals surface area (Å²) >= 11 is 0. The van der Waals surface area contributed by atoms with Crippen LogP contribution < -0.4 is 9.62 Å². The summed E-state index contributed by atoms with van der Waals surface area (Å²) in [6.45, 7) is 7.01. The van der Waals surface area contributed by atoms with E-state index in [1.165, 1.54) is 30.0 Å². The Labute approximate surface area is 195 Å². The highest BCUT2D eigenvalue weighted by Gasteiger charge is 2.30. The molecule has 0 saturated carbocycles. The third-order valence-electron chi connectivity index (χ3n) is 5.34. The zero-order chi connectivity index (χ0) is 24.8. The Bertz CT molecular complexity index is 1070. The van der Waals surface area contributed by atoms with E-state index in [-0.39, 0.29) is 18.0 Å². The van der Waals surface area contributed by atoms with Crippen molar-refractivity contribution in [2.24, 2.45) is 0 Å². The van der Waals surface area contributed by atoms with Crippen molar-refractivity contribution in [2.75, 3.05) is 23.7 Å². The van der Waals surface area contributed by atoms with E-state index < -0.39 is 40.2 Å². The number of halogens is 1. The first-order valence-corrected chi connectivity index (χ1v) is 12.7. The summed E-state index contributed by atoms with van der Waals surface area (Å²) in [4.78, 5) is 27.0. The molecule has 2 aromatic carbocycles. The van der Waals surface area contributed by atoms with E-state index in [1.807, 2.05) is 26.0 Å². The van der Waals surface area contributed by atoms with E-state index in [9.17, 15) is 22.4 Å². The number of hydrogen-bond acceptors (Lipinski definition) is 4. The number of rotatable bonds is 10. The number of likely N-dealkylation sites (N-methyl/N-ethyl adjacent to an activating group) is 1. The molecule has 0 heterocycles. The van der Waals surface area contributed by atoms with Gasteiger partial charge in [0.15, 0.2) is 0 Å². The van der Waals surface area contributed by atoms with E-state index in [2.05, 4.69) is 5.32 Å². The first-order valence-electron chi connectivity index (χ1n) is 10.8. The maximum atomic E-state index is 14.3. The summed E-state index contributed by atoms with van der Waals surface area (Å²) in [6.07, 6.45) is 1.02. The Balaban J connectivity index is 2.39. The Morgan fingerprint density at radius 3 is 2.15 bits per heavy atom. The molecule has 1 N–H and O–H groups in total. The van der Waals surface area contributed by atoms with Crippen LogP contribution in [0.15, 0.2) is 48.5 Å². The van der Waals surface area contributed by atoms with Crippen LogP contribution in [0.3, 0.4) is 0 Å². The highest BCUT2D eigenvalue weighted by atomic mass is 32.2. The molecular formula is C24H32FN3O4S. The molecule has 0 saturated heterocycles. The van der Waals surface area contributed by atoms with Gasteiger partial charge in [-0.2, -0.15) is 0 Å². The minimum Gasteiger partial charge on any atom is -0.355 e. The maximum absolute atomic E-state index is 14.3. The second-order valence-electron chi connectivity index (χ2n) is 8.20. The van der Waals surface area contributed by atoms with Gasteiger partial charge >= 0.3 is 0 Å². The van der Waals surface area contributed by atoms with Gasteiger partial charge in [-0.25, -0.2) is 12.8 Å². The van der Waals surface area contributed by atoms with E-state index >= 15 is 0 Å². The lowest BCUT2D eigenvalue weighted by Crippen LogP contribution is -2.51. The molecule has 9 heteroatoms. The Hall–Kier alpha value is -2.94. The number of anilines is 1. The average molecular weight is 478 g/mol. The van der Waals surface area contributed by atoms with Crippen LogP contribution in [0.5, 0.6) is 0 Å². The van der Waals surface area contributed by atoms with E-state index in [1.54, 1.807) is 25.1 Å². The first kappa shape index (κ1) is 26.3. The first-order chi connectivity index (χ1) is 15.5. The second kappa shape index (κ2) is 11.3. The van der Waals surface area contributed by atoms with Gasteiger partial charge in [0.2, 0.25) is 21.8 Å². The van der Waals surface area contributed by atoms with Gasteiger partial charge < -0.3 is 10.2 Å². The molecule has 2 amide bonds. The lowest BCUT2D eigenvalue weighted by atomic mass is 10.0. The van der Waals surface area contributed by atoms with Crippen molar-refractivity contribution in [1.82, 2.24) is 10.2 Å². The van der Waals surface area contributed by atoms with Crippen LogP contribution in [-0.2, 0) is 26.2 Å². The van der Waals surface area contributed by atoms with Crippen LogP contribution in [0.2, 0.25) is 0 Å². The fourth-order valence-corrected chi connectivity index (χ4v) is 4.20. The van der Waals surface area contributed by atoms with Crippen molar-refractivity contribution in [2.45, 2.75) is 46.2 Å². The summed E-state index contributed by atoms with van der Waals surface area (Å²) in [5, 5.41) is 2.65. The Kier molecular flexibility index (Phi) is 8.99. The predicted molar refractivity (Wildman–Crippen MR) is 128 cm³/mol. The highest BCUT2D eigenvalue weighted by Crippen LogP contribution is 2.23. The molecule has 0 radical (unpaired) electrons. The fraction of sp³-hybridized carbons (Fsp3) is 0.417. The van der Waals surface area contributed by atoms with Crippen molar-refractivity contribution in [3.8, 4) is 0 Å². The molecule has 0 aliphatic rings. The fourth-order valence-electron chi connectivity index (χ4n) is 3.35. The zero-order valence-corrected chi connectivity index (χ0v) is 20.5. The van der Waals surface area contributed by atoms with Gasteiger partial charge in [-0.3, -0.25) is 13.9 Å². The molecule has 7 nitrogen and oxygen atoms in total. The van der Waals surface area contributed by atoms with E-state index in [0.717, 1.165) is 16.1 Å². The number of carbonyl (C=O) groups is 2. The average Bonchev–Trinajstić information content (AvgIpc) is 2.75. The number of hydrogen-bond donors (Lipinski definition) is 1. The second-order valence-corrected chi connectivity index (χ2v) is 10.1. The van der Waals surface area contributed by atoms with Crippen molar-refractivity contribution >= 4 is 27.5 Å². The number of nitrogens with zero attached hydrogens (tertiary/aromatic N) is 2. The molecular weight excluding hydrogens is 445 g/mol. The summed E-state index contributed by atoms with van der Waals surface area (Å²) in [5.74, 6) is -1.27. The van der Waals surface area contributed by atoms with Crippen LogP contribution in [0, 0.1) is 5.82 Å². The third-order valence-corrected chi connectivity index (χ3v) is 6.48. The monoisotopic (exact) mass is 477 g/mol. The molecule has 2 rings (SSSR count). The highest BCUT2D eigenvalue weighted by molar-refractivity contribution is 7.92. The zero-order valence-electron chi connectivity index (χ0n) is 19.7. The normalized spacial score (nSPS) is 12.3. The van der Waals surface area contributed by atoms with Crippen LogP contribution >= 0.6 is 0 Å². The Morgan fingerprint density at radius 1 is 1.03 bits per heavy atom. The lowest BCUT2D eigenvalue weighted by molar-refractivity contribution is -0.139. The summed E-state index contributed by atoms with van der Waals surface area (Å²) in [6, 6.07) is 12.0. The van der Waals surface area contributed by atoms with Crippen molar-refractivity contribution in [1.29, 1.82) is 0 Å². The molecule has 0 aliphatic heterocycles. The molecule has 1 atom stereocenters. The van der Waals surface area contributed by atoms with Gasteiger partial charge in [0.25, 0.3) is 0 Å². The van der Waals surface area contributed by atoms with Crippen molar-refractivity contribution in [3.63, 3.8) is 0 Å². The molecule has 180 valence electrons. The van der Waals surface area contributed by atoms with E-state index in [4.69, 9.17) is 0 Å². The largest absolute Gasteiger partial charge is 0.355 e. The van der Waals surface area contributed by atoms with Gasteiger partial charge in [-0.05, 0) is 43.5 Å². The topological polar surface area (TPSA) is 86.8 Å². The Morgan fingerprint density at radius 2 is 1.64 bits per heavy atom. The van der Waals surface area contributed by atoms with E-state index in [0.29, 0.717) is 12.2 Å². The minimum atomic E-state index is -3.81. The molecule has 0 aromatic heterocycles. The SMILES string of the molecule is CCNC(=O)[C@@H](C)N(Cc1ccccc1F)C(=O)CN(c1ccc(C(C)C)cc1)S(C)(=O)=O. The number of benzene rings is 2. The molecule has 0 aliphatic carbocycles. The number of nitrogens with one attached hydrogen (secondary N) is 1. The molecule has 0 bridgehead atoms. The summed E-state index contributed by atoms with van der Waals surface area (Å²) in [7, 11) is -3.81. The predicted octanol–water partition coefficient (Wildman–Crippen LogP) is 3.27. The van der Waals surface area contributed by atoms with Crippen LogP contribution in [0.1, 0.15) is 44.7 Å². The molecule has 2 aromatic rings. The van der Waals surface area contributed by atoms with Gasteiger partial charge in [0, 0.05) is 18.7 Å². The lowest BCUT2D eigenvalue weighted by Gasteiger charge is -2.31. The summed E-state index contributed by atoms with van der Waals surface area (Å²) in [5.41, 5.74) is 1.60. The number of carbonyl (C=O) groups excluding carboxylic acids is 2. The van der Waals surface area contributed by atoms with Crippen molar-refractivity contribution < 1.29 is 22.4 Å². The van der Waals surface area contributed by atoms with Crippen molar-refractivity contribution in [3.05, 3.63) is 65.5 Å². The molecule has 0 fully saturated rings. The van der Waals surface area contributed by atoms with Gasteiger partial charge in [-0.15, -0.1) is 0 Å². The molecule has 0 spiro atoms. The third kappa shape index (κ3) is 7.02. The van der Waals surface area contributed by atoms with Gasteiger partial charge in [-0.1, -0.05) is 44.2 Å². The van der Waals surface area contributed by atoms with Crippen LogP contribution in [-0.4, -0.2) is 50.5 Å². The smallest absolute Gasteiger partial charge is 0.244 e. The standard InChI is InChI=1S/C24H32FN3O4S/c1-6-26-24(30)18(4)27(15-20-9-7-8-10-22(20)25)23(29)16-28(33(5,31)32)21-13-11-19(12-14-21)17(2)3/h7-14,17-18H,6,15-16H2,1-5H3,(H,26,30)/t18-/m1/s1. The minimum absolute atomic E-state index is 0.173.